The normalized spacial score (nSPS) is 22.3. The van der Waals surface area contributed by atoms with E-state index in [1.807, 2.05) is 19.9 Å². The van der Waals surface area contributed by atoms with E-state index in [9.17, 15) is 77.6 Å². The molecule has 1 aliphatic heterocycles. The van der Waals surface area contributed by atoms with Gasteiger partial charge < -0.3 is 106 Å². The molecule has 3 aromatic carbocycles. The number of allylic oxidation sites excluding steroid dienone is 2. The first-order chi connectivity index (χ1) is 59.7. The van der Waals surface area contributed by atoms with Crippen LogP contribution in [0.25, 0.3) is 10.9 Å². The number of carboxylic acid groups (broad SMARTS) is 1. The number of aliphatic carboxylic acids is 1. The van der Waals surface area contributed by atoms with Gasteiger partial charge in [0.15, 0.2) is 11.6 Å². The van der Waals surface area contributed by atoms with Gasteiger partial charge in [-0.25, -0.2) is 8.78 Å². The monoisotopic (exact) mass is 1780 g/mol. The number of halogens is 2. The number of aliphatic hydroxyl groups is 2. The number of carbonyl (C=O) groups is 17. The number of ketones is 2. The molecule has 37 nitrogen and oxygen atoms in total. The molecular weight excluding hydrogens is 1660 g/mol. The lowest BCUT2D eigenvalue weighted by Crippen LogP contribution is -2.65. The number of phenolic OH excluding ortho intramolecular Hbond substituents is 1. The Labute approximate surface area is 736 Å². The largest absolute Gasteiger partial charge is 0.508 e. The minimum Gasteiger partial charge on any atom is -0.508 e. The first-order valence-corrected chi connectivity index (χ1v) is 42.7. The van der Waals surface area contributed by atoms with Gasteiger partial charge in [-0.15, -0.1) is 0 Å². The highest BCUT2D eigenvalue weighted by molar-refractivity contribution is 6.41. The number of aromatic hydroxyl groups is 1. The lowest BCUT2D eigenvalue weighted by atomic mass is 9.90. The Bertz CT molecular complexity index is 4560. The van der Waals surface area contributed by atoms with E-state index in [0.717, 1.165) is 32.0 Å². The van der Waals surface area contributed by atoms with Crippen LogP contribution in [0.4, 0.5) is 8.78 Å². The van der Waals surface area contributed by atoms with Crippen molar-refractivity contribution in [1.82, 2.24) is 74.1 Å². The molecular formula is C88H126F2N16O21. The minimum atomic E-state index is -2.21. The van der Waals surface area contributed by atoms with E-state index in [-0.39, 0.29) is 86.6 Å². The Morgan fingerprint density at radius 2 is 1.19 bits per heavy atom. The number of nitrogens with one attached hydrogen (secondary N) is 14. The lowest BCUT2D eigenvalue weighted by molar-refractivity contribution is -0.140. The number of nitrogens with two attached hydrogens (primary N) is 2. The standard InChI is InChI=1S/C88H126F2N16O21/c1-47(2)25-29-56-44-94-63(33-35-70(91)111)74(115)73(114)49(5)95-79(120)68(43-57-45-93-62-24-20-19-23-59(57)62)100-80(121)66(41-54-26-30-58(110)31-27-54)99-78(119)64(34-36-71(112)113)102-85(126)88(11,106-83(124)67(42-55-28-32-60(89)61(90)40-55)101-84(125)72(52(8)108)104-81(122)65(39-48(3)4)98-53(9)109)38-22-18-16-14-12-13-15-17-21-37-87(10,105-77(56)118)86(127)103-69(46-107)82(123)97-51(7)76(117)96-50(6)75(92)116/h13,15,19-20,23-24,26-28,30-32,40,45,47-52,56,63-69,72,93-94,107-108,110H,12,14,16-18,21-22,25,29,33-39,41-44,46H2,1-11H3,(H2,91,111)(H2,92,116)(H,95,120)(H,96,117)(H,97,123)(H,98,109)(H,99,119)(H,100,121)(H,101,125)(H,102,126)(H,103,127)(H,104,122)(H,105,118)(H,106,124)(H,112,113)/b15-13+/t49?,50?,51-,52+,56+,63-,64-,65-,66?,67-,68-,69?,72-,87-,88+/m0/s1. The molecule has 127 heavy (non-hydrogen) atoms. The molecule has 0 spiro atoms. The summed E-state index contributed by atoms with van der Waals surface area (Å²) in [5.41, 5.74) is 7.97. The molecule has 39 heteroatoms. The highest BCUT2D eigenvalue weighted by atomic mass is 19.2. The van der Waals surface area contributed by atoms with Crippen LogP contribution in [0.1, 0.15) is 196 Å². The first kappa shape index (κ1) is 105. The average molecular weight is 1780 g/mol. The third kappa shape index (κ3) is 34.6. The molecule has 0 radical (unpaired) electrons. The highest BCUT2D eigenvalue weighted by Crippen LogP contribution is 2.25. The van der Waals surface area contributed by atoms with Crippen molar-refractivity contribution in [2.75, 3.05) is 13.2 Å². The van der Waals surface area contributed by atoms with Crippen LogP contribution in [0.2, 0.25) is 0 Å². The Balaban J connectivity index is 1.67. The van der Waals surface area contributed by atoms with Crippen LogP contribution in [-0.2, 0) is 101 Å². The minimum absolute atomic E-state index is 0.0386. The van der Waals surface area contributed by atoms with E-state index in [1.54, 1.807) is 50.4 Å². The summed E-state index contributed by atoms with van der Waals surface area (Å²) in [6.45, 7) is 14.5. The summed E-state index contributed by atoms with van der Waals surface area (Å²) in [5, 5.41) is 76.1. The molecule has 5 rings (SSSR count). The number of amides is 14. The zero-order chi connectivity index (χ0) is 94.7. The fourth-order valence-electron chi connectivity index (χ4n) is 14.1. The van der Waals surface area contributed by atoms with Gasteiger partial charge in [0.05, 0.1) is 30.7 Å². The van der Waals surface area contributed by atoms with Gasteiger partial charge in [0.1, 0.15) is 71.2 Å². The summed E-state index contributed by atoms with van der Waals surface area (Å²) in [4.78, 5) is 243. The molecule has 0 bridgehead atoms. The van der Waals surface area contributed by atoms with E-state index in [1.165, 1.54) is 58.9 Å². The van der Waals surface area contributed by atoms with Gasteiger partial charge >= 0.3 is 5.97 Å². The van der Waals surface area contributed by atoms with Gasteiger partial charge in [0.2, 0.25) is 94.3 Å². The number of hydrogen-bond donors (Lipinski definition) is 20. The van der Waals surface area contributed by atoms with Crippen LogP contribution in [0, 0.1) is 29.4 Å². The first-order valence-electron chi connectivity index (χ1n) is 42.7. The Morgan fingerprint density at radius 1 is 0.583 bits per heavy atom. The molecule has 4 unspecified atom stereocenters. The number of rotatable bonds is 33. The number of aromatic amines is 1. The fraction of sp³-hybridized carbons (Fsp3) is 0.557. The van der Waals surface area contributed by atoms with Crippen molar-refractivity contribution in [3.05, 3.63) is 113 Å². The predicted octanol–water partition coefficient (Wildman–Crippen LogP) is 1.12. The van der Waals surface area contributed by atoms with E-state index in [4.69, 9.17) is 11.5 Å². The van der Waals surface area contributed by atoms with Crippen molar-refractivity contribution >= 4 is 111 Å². The van der Waals surface area contributed by atoms with Crippen molar-refractivity contribution in [1.29, 1.82) is 0 Å². The second-order valence-electron chi connectivity index (χ2n) is 33.8. The molecule has 0 saturated carbocycles. The van der Waals surface area contributed by atoms with Crippen LogP contribution in [-0.4, -0.2) is 222 Å². The highest BCUT2D eigenvalue weighted by Gasteiger charge is 2.44. The van der Waals surface area contributed by atoms with Gasteiger partial charge in [-0.05, 0) is 165 Å². The quantitative estimate of drug-likeness (QED) is 0.0235. The van der Waals surface area contributed by atoms with Gasteiger partial charge in [-0.1, -0.05) is 102 Å². The van der Waals surface area contributed by atoms with Crippen molar-refractivity contribution < 1.29 is 111 Å². The molecule has 698 valence electrons. The molecule has 0 fully saturated rings. The number of benzene rings is 3. The smallest absolute Gasteiger partial charge is 0.303 e. The fourth-order valence-corrected chi connectivity index (χ4v) is 14.1. The summed E-state index contributed by atoms with van der Waals surface area (Å²) in [7, 11) is 0. The van der Waals surface area contributed by atoms with Crippen LogP contribution < -0.4 is 80.6 Å². The van der Waals surface area contributed by atoms with Crippen molar-refractivity contribution in [2.45, 2.75) is 282 Å². The number of para-hydroxylation sites is 1. The maximum absolute atomic E-state index is 15.5. The van der Waals surface area contributed by atoms with E-state index in [2.05, 4.69) is 74.1 Å². The van der Waals surface area contributed by atoms with Crippen LogP contribution >= 0.6 is 0 Å². The summed E-state index contributed by atoms with van der Waals surface area (Å²) >= 11 is 0. The van der Waals surface area contributed by atoms with Crippen molar-refractivity contribution in [2.24, 2.45) is 29.2 Å². The number of fused-ring (bicyclic) bond motifs is 1. The van der Waals surface area contributed by atoms with E-state index >= 15 is 33.2 Å². The van der Waals surface area contributed by atoms with Gasteiger partial charge in [0.25, 0.3) is 0 Å². The number of primary amides is 2. The number of aromatic nitrogens is 1. The average Bonchev–Trinajstić information content (AvgIpc) is 1.55. The molecule has 15 atom stereocenters. The number of phenols is 1. The number of H-pyrrole nitrogens is 1. The predicted molar refractivity (Wildman–Crippen MR) is 462 cm³/mol. The molecule has 0 aliphatic carbocycles. The number of carbonyl (C=O) groups excluding carboxylic acids is 16. The topological polar surface area (TPSA) is 595 Å². The Hall–Kier alpha value is -12.1. The van der Waals surface area contributed by atoms with Crippen LogP contribution in [0.5, 0.6) is 5.75 Å². The Morgan fingerprint density at radius 3 is 1.80 bits per heavy atom. The summed E-state index contributed by atoms with van der Waals surface area (Å²) in [6, 6.07) is -3.15. The molecule has 14 amide bonds. The molecule has 1 aromatic heterocycles. The van der Waals surface area contributed by atoms with Gasteiger partial charge in [0, 0.05) is 62.7 Å². The van der Waals surface area contributed by atoms with E-state index in [0.29, 0.717) is 48.6 Å². The molecule has 2 heterocycles. The summed E-state index contributed by atoms with van der Waals surface area (Å²) in [6.07, 6.45) is 1.90. The molecule has 22 N–H and O–H groups in total. The van der Waals surface area contributed by atoms with Crippen LogP contribution in [0.3, 0.4) is 0 Å². The second kappa shape index (κ2) is 50.9. The van der Waals surface area contributed by atoms with Crippen molar-refractivity contribution in [3.63, 3.8) is 0 Å². The third-order valence-corrected chi connectivity index (χ3v) is 21.7. The Kier molecular flexibility index (Phi) is 42.2. The van der Waals surface area contributed by atoms with Crippen LogP contribution in [0.15, 0.2) is 85.1 Å². The van der Waals surface area contributed by atoms with Gasteiger partial charge in [-0.3, -0.25) is 81.5 Å². The zero-order valence-electron chi connectivity index (χ0n) is 73.7. The lowest BCUT2D eigenvalue weighted by Gasteiger charge is -2.34. The summed E-state index contributed by atoms with van der Waals surface area (Å²) in [5.74, 6) is -22.0. The summed E-state index contributed by atoms with van der Waals surface area (Å²) < 4.78 is 29.6. The zero-order valence-corrected chi connectivity index (χ0v) is 73.7. The van der Waals surface area contributed by atoms with Crippen molar-refractivity contribution in [3.8, 4) is 5.75 Å². The molecule has 1 aliphatic rings. The maximum Gasteiger partial charge on any atom is 0.303 e. The molecule has 0 saturated heterocycles. The second-order valence-corrected chi connectivity index (χ2v) is 33.8. The number of Topliss-reactive ketones (excluding diaryl/α,β-unsaturated/α-hetero) is 2. The SMILES string of the molecule is CC(=O)N[C@@H](CC(C)C)C(=O)N[C@H](C(=O)N[C@@H](Cc1ccc(F)c(F)c1)C(=O)N[C@]1(C)CCCCCC/C=C/CCC[C@@](C)(C(=O)NC(CO)C(=O)N[C@@H](C)C(=O)NC(C)C(N)=O)NC(=O)[C@H](CCC(C)C)CN[C@@H](CCC(N)=O)C(=O)C(=O)C(C)NC(=O)[C@H](Cc2c[nH]c3ccccc23)NC(=O)C(Cc2ccc(O)cc2)NC(=O)[C@H](CCC(=O)O)NC1=O)[C@@H](C)O. The third-order valence-electron chi connectivity index (χ3n) is 21.7. The molecule has 4 aromatic rings. The maximum atomic E-state index is 15.5. The van der Waals surface area contributed by atoms with E-state index < -0.39 is 247 Å². The van der Waals surface area contributed by atoms with Gasteiger partial charge in [-0.2, -0.15) is 0 Å². The number of carboxylic acids is 1. The number of hydrogen-bond acceptors (Lipinski definition) is 21. The number of aliphatic hydroxyl groups excluding tert-OH is 2.